The molecule has 2 N–H and O–H groups in total. The van der Waals surface area contributed by atoms with E-state index in [1.807, 2.05) is 0 Å². The van der Waals surface area contributed by atoms with Crippen molar-refractivity contribution in [2.75, 3.05) is 6.54 Å². The van der Waals surface area contributed by atoms with Crippen molar-refractivity contribution in [1.82, 2.24) is 10.9 Å². The Labute approximate surface area is 81.4 Å². The van der Waals surface area contributed by atoms with E-state index in [0.717, 1.165) is 17.9 Å². The second-order valence-electron chi connectivity index (χ2n) is 5.71. The van der Waals surface area contributed by atoms with E-state index >= 15 is 0 Å². The van der Waals surface area contributed by atoms with Gasteiger partial charge in [0.25, 0.3) is 0 Å². The van der Waals surface area contributed by atoms with E-state index in [1.165, 1.54) is 25.8 Å². The lowest BCUT2D eigenvalue weighted by molar-refractivity contribution is 0.115. The highest BCUT2D eigenvalue weighted by Crippen LogP contribution is 2.41. The summed E-state index contributed by atoms with van der Waals surface area (Å²) < 4.78 is 0. The lowest BCUT2D eigenvalue weighted by Crippen LogP contribution is -2.45. The molecule has 13 heavy (non-hydrogen) atoms. The van der Waals surface area contributed by atoms with Gasteiger partial charge in [0, 0.05) is 12.6 Å². The first-order valence-electron chi connectivity index (χ1n) is 5.57. The summed E-state index contributed by atoms with van der Waals surface area (Å²) in [6.07, 6.45) is 4.24. The van der Waals surface area contributed by atoms with Crippen LogP contribution in [0, 0.1) is 17.3 Å². The molecular formula is C11H22N2. The minimum atomic E-state index is 0.461. The maximum atomic E-state index is 3.47. The Bertz CT molecular complexity index is 183. The second-order valence-corrected chi connectivity index (χ2v) is 5.71. The number of fused-ring (bicyclic) bond motifs is 1. The van der Waals surface area contributed by atoms with Crippen LogP contribution in [0.4, 0.5) is 0 Å². The predicted octanol–water partition coefficient (Wildman–Crippen LogP) is 1.93. The summed E-state index contributed by atoms with van der Waals surface area (Å²) in [6.45, 7) is 8.30. The molecule has 0 aromatic carbocycles. The van der Waals surface area contributed by atoms with Crippen LogP contribution >= 0.6 is 0 Å². The van der Waals surface area contributed by atoms with Crippen LogP contribution in [0.15, 0.2) is 0 Å². The molecule has 3 unspecified atom stereocenters. The summed E-state index contributed by atoms with van der Waals surface area (Å²) in [6, 6.07) is 0.730. The average molecular weight is 182 g/mol. The molecule has 1 saturated heterocycles. The van der Waals surface area contributed by atoms with Crippen LogP contribution in [0.1, 0.15) is 40.0 Å². The zero-order chi connectivity index (χ0) is 9.47. The predicted molar refractivity (Wildman–Crippen MR) is 55.2 cm³/mol. The van der Waals surface area contributed by atoms with Gasteiger partial charge in [-0.25, -0.2) is 0 Å². The summed E-state index contributed by atoms with van der Waals surface area (Å²) in [5, 5.41) is 0. The van der Waals surface area contributed by atoms with Gasteiger partial charge in [0.1, 0.15) is 0 Å². The Morgan fingerprint density at radius 2 is 1.92 bits per heavy atom. The first-order chi connectivity index (χ1) is 6.09. The van der Waals surface area contributed by atoms with E-state index in [2.05, 4.69) is 31.6 Å². The van der Waals surface area contributed by atoms with Crippen molar-refractivity contribution in [3.63, 3.8) is 0 Å². The fourth-order valence-corrected chi connectivity index (χ4v) is 3.01. The van der Waals surface area contributed by atoms with Crippen molar-refractivity contribution in [1.29, 1.82) is 0 Å². The summed E-state index contributed by atoms with van der Waals surface area (Å²) in [5.41, 5.74) is 7.24. The average Bonchev–Trinajstić information content (AvgIpc) is 2.48. The SMILES string of the molecule is CC(C)(C)C1CCCC2CNNC21. The second kappa shape index (κ2) is 3.25. The first kappa shape index (κ1) is 9.47. The summed E-state index contributed by atoms with van der Waals surface area (Å²) in [4.78, 5) is 0. The monoisotopic (exact) mass is 182 g/mol. The molecule has 0 radical (unpaired) electrons. The van der Waals surface area contributed by atoms with Gasteiger partial charge in [-0.2, -0.15) is 0 Å². The van der Waals surface area contributed by atoms with Gasteiger partial charge in [-0.05, 0) is 30.1 Å². The van der Waals surface area contributed by atoms with Gasteiger partial charge in [-0.15, -0.1) is 0 Å². The molecule has 1 saturated carbocycles. The molecule has 0 aromatic rings. The van der Waals surface area contributed by atoms with E-state index in [9.17, 15) is 0 Å². The molecule has 1 heterocycles. The van der Waals surface area contributed by atoms with Crippen LogP contribution in [-0.4, -0.2) is 12.6 Å². The number of hydrazine groups is 1. The molecule has 1 aliphatic heterocycles. The normalized spacial score (nSPS) is 40.4. The molecule has 2 nitrogen and oxygen atoms in total. The van der Waals surface area contributed by atoms with Gasteiger partial charge >= 0.3 is 0 Å². The minimum absolute atomic E-state index is 0.461. The molecule has 0 bridgehead atoms. The summed E-state index contributed by atoms with van der Waals surface area (Å²) in [7, 11) is 0. The maximum absolute atomic E-state index is 3.47. The third-order valence-corrected chi connectivity index (χ3v) is 3.78. The Balaban J connectivity index is 2.10. The fraction of sp³-hybridized carbons (Fsp3) is 1.00. The zero-order valence-corrected chi connectivity index (χ0v) is 9.06. The van der Waals surface area contributed by atoms with Crippen molar-refractivity contribution in [2.24, 2.45) is 17.3 Å². The van der Waals surface area contributed by atoms with E-state index < -0.39 is 0 Å². The van der Waals surface area contributed by atoms with Crippen LogP contribution < -0.4 is 10.9 Å². The van der Waals surface area contributed by atoms with E-state index in [0.29, 0.717) is 5.41 Å². The Hall–Kier alpha value is -0.0800. The highest BCUT2D eigenvalue weighted by Gasteiger charge is 2.41. The van der Waals surface area contributed by atoms with Gasteiger partial charge in [0.15, 0.2) is 0 Å². The molecule has 1 aliphatic carbocycles. The smallest absolute Gasteiger partial charge is 0.0287 e. The lowest BCUT2D eigenvalue weighted by atomic mass is 9.66. The Morgan fingerprint density at radius 1 is 1.15 bits per heavy atom. The van der Waals surface area contributed by atoms with Gasteiger partial charge in [0.2, 0.25) is 0 Å². The fourth-order valence-electron chi connectivity index (χ4n) is 3.01. The van der Waals surface area contributed by atoms with Gasteiger partial charge in [0.05, 0.1) is 0 Å². The molecule has 2 aliphatic rings. The molecule has 0 amide bonds. The van der Waals surface area contributed by atoms with Crippen LogP contribution in [0.5, 0.6) is 0 Å². The third-order valence-electron chi connectivity index (χ3n) is 3.78. The Morgan fingerprint density at radius 3 is 2.62 bits per heavy atom. The number of hydrogen-bond acceptors (Lipinski definition) is 2. The first-order valence-corrected chi connectivity index (χ1v) is 5.57. The highest BCUT2D eigenvalue weighted by atomic mass is 15.4. The van der Waals surface area contributed by atoms with Crippen LogP contribution in [-0.2, 0) is 0 Å². The highest BCUT2D eigenvalue weighted by molar-refractivity contribution is 4.95. The molecular weight excluding hydrogens is 160 g/mol. The quantitative estimate of drug-likeness (QED) is 0.598. The van der Waals surface area contributed by atoms with E-state index in [4.69, 9.17) is 0 Å². The maximum Gasteiger partial charge on any atom is 0.0287 e. The Kier molecular flexibility index (Phi) is 2.37. The standard InChI is InChI=1S/C11H22N2/c1-11(2,3)9-6-4-5-8-7-12-13-10(8)9/h8-10,12-13H,4-7H2,1-3H3. The minimum Gasteiger partial charge on any atom is -0.257 e. The van der Waals surface area contributed by atoms with Crippen molar-refractivity contribution in [3.05, 3.63) is 0 Å². The van der Waals surface area contributed by atoms with Crippen LogP contribution in [0.3, 0.4) is 0 Å². The van der Waals surface area contributed by atoms with Crippen LogP contribution in [0.25, 0.3) is 0 Å². The molecule has 3 atom stereocenters. The van der Waals surface area contributed by atoms with Crippen molar-refractivity contribution >= 4 is 0 Å². The van der Waals surface area contributed by atoms with Crippen molar-refractivity contribution < 1.29 is 0 Å². The number of hydrogen-bond donors (Lipinski definition) is 2. The molecule has 2 rings (SSSR count). The third kappa shape index (κ3) is 1.75. The largest absolute Gasteiger partial charge is 0.257 e. The molecule has 2 heteroatoms. The molecule has 0 aromatic heterocycles. The number of nitrogens with one attached hydrogen (secondary N) is 2. The van der Waals surface area contributed by atoms with E-state index in [-0.39, 0.29) is 0 Å². The topological polar surface area (TPSA) is 24.1 Å². The van der Waals surface area contributed by atoms with Crippen molar-refractivity contribution in [2.45, 2.75) is 46.1 Å². The van der Waals surface area contributed by atoms with Gasteiger partial charge < -0.3 is 0 Å². The molecule has 76 valence electrons. The summed E-state index contributed by atoms with van der Waals surface area (Å²) in [5.74, 6) is 1.74. The van der Waals surface area contributed by atoms with Gasteiger partial charge in [-0.3, -0.25) is 10.9 Å². The van der Waals surface area contributed by atoms with Crippen molar-refractivity contribution in [3.8, 4) is 0 Å². The lowest BCUT2D eigenvalue weighted by Gasteiger charge is -2.41. The van der Waals surface area contributed by atoms with E-state index in [1.54, 1.807) is 0 Å². The summed E-state index contributed by atoms with van der Waals surface area (Å²) >= 11 is 0. The van der Waals surface area contributed by atoms with Gasteiger partial charge in [-0.1, -0.05) is 27.2 Å². The van der Waals surface area contributed by atoms with Crippen LogP contribution in [0.2, 0.25) is 0 Å². The number of rotatable bonds is 0. The molecule has 2 fully saturated rings. The zero-order valence-electron chi connectivity index (χ0n) is 9.06. The molecule has 0 spiro atoms.